The molecule has 1 aromatic rings. The van der Waals surface area contributed by atoms with Crippen molar-refractivity contribution in [2.45, 2.75) is 109 Å². The number of aliphatic hydroxyl groups excluding tert-OH is 1. The van der Waals surface area contributed by atoms with Gasteiger partial charge in [0.15, 0.2) is 0 Å². The number of likely N-dealkylation sites (tertiary alicyclic amines) is 1. The zero-order valence-electron chi connectivity index (χ0n) is 30.8. The molecule has 4 heterocycles. The van der Waals surface area contributed by atoms with Gasteiger partial charge in [-0.3, -0.25) is 19.2 Å². The second kappa shape index (κ2) is 14.6. The topological polar surface area (TPSA) is 135 Å². The second-order valence-electron chi connectivity index (χ2n) is 16.3. The molecule has 0 bridgehead atoms. The van der Waals surface area contributed by atoms with Crippen LogP contribution in [0.4, 0.5) is 0 Å². The number of aliphatic hydroxyl groups is 1. The Balaban J connectivity index is 1.65. The largest absolute Gasteiger partial charge is 0.455 e. The van der Waals surface area contributed by atoms with Crippen molar-refractivity contribution in [3.8, 4) is 0 Å². The fourth-order valence-corrected chi connectivity index (χ4v) is 8.74. The first-order valence-corrected chi connectivity index (χ1v) is 17.9. The van der Waals surface area contributed by atoms with Gasteiger partial charge in [-0.2, -0.15) is 0 Å². The van der Waals surface area contributed by atoms with Crippen LogP contribution in [0.15, 0.2) is 54.6 Å². The molecule has 0 saturated carbocycles. The normalized spacial score (nSPS) is 32.0. The highest BCUT2D eigenvalue weighted by molar-refractivity contribution is 5.99. The van der Waals surface area contributed by atoms with Crippen LogP contribution in [0.2, 0.25) is 0 Å². The number of methoxy groups -OCH3 is 1. The third kappa shape index (κ3) is 7.14. The van der Waals surface area contributed by atoms with Crippen molar-refractivity contribution < 1.29 is 38.5 Å². The lowest BCUT2D eigenvalue weighted by atomic mass is 9.77. The van der Waals surface area contributed by atoms with Crippen molar-refractivity contribution in [2.24, 2.45) is 23.2 Å². The number of rotatable bonds is 8. The molecule has 2 N–H and O–H groups in total. The molecule has 4 aliphatic heterocycles. The van der Waals surface area contributed by atoms with Crippen LogP contribution in [-0.4, -0.2) is 101 Å². The SMILES string of the molecule is COC[C@@H]1NC(=O)CC/C=C\[C@@H]2O[C@@]34C=CCN(C(C)(C)CC(C)(C)C)C(=O)[C@@H]3N([C@@H](CO)C(C)C)C(=O)[C@H]4[C@@H]2C(=O)O[C@H]1c1ccccc1. The first kappa shape index (κ1) is 37.7. The third-order valence-electron chi connectivity index (χ3n) is 10.5. The molecule has 2 fully saturated rings. The molecule has 0 unspecified atom stereocenters. The fourth-order valence-electron chi connectivity index (χ4n) is 8.74. The molecule has 1 spiro atoms. The average molecular weight is 694 g/mol. The summed E-state index contributed by atoms with van der Waals surface area (Å²) in [5.74, 6) is -4.04. The number of carbonyl (C=O) groups excluding carboxylic acids is 4. The molecule has 1 aromatic carbocycles. The minimum atomic E-state index is -1.51. The van der Waals surface area contributed by atoms with Crippen LogP contribution in [0, 0.1) is 23.2 Å². The lowest BCUT2D eigenvalue weighted by molar-refractivity contribution is -0.163. The molecule has 2 saturated heterocycles. The summed E-state index contributed by atoms with van der Waals surface area (Å²) in [5, 5.41) is 13.7. The Morgan fingerprint density at radius 1 is 1.04 bits per heavy atom. The summed E-state index contributed by atoms with van der Waals surface area (Å²) in [5.41, 5.74) is -1.54. The predicted octanol–water partition coefficient (Wildman–Crippen LogP) is 3.96. The monoisotopic (exact) mass is 693 g/mol. The predicted molar refractivity (Wildman–Crippen MR) is 187 cm³/mol. The number of esters is 1. The highest BCUT2D eigenvalue weighted by atomic mass is 16.6. The average Bonchev–Trinajstić information content (AvgIpc) is 3.41. The van der Waals surface area contributed by atoms with E-state index in [9.17, 15) is 19.5 Å². The minimum Gasteiger partial charge on any atom is -0.455 e. The molecule has 0 radical (unpaired) electrons. The number of nitrogens with zero attached hydrogens (tertiary/aromatic N) is 2. The number of cyclic esters (lactones) is 1. The number of hydrogen-bond acceptors (Lipinski definition) is 8. The number of fused-ring (bicyclic) bond motifs is 2. The van der Waals surface area contributed by atoms with Crippen LogP contribution in [0.5, 0.6) is 0 Å². The van der Waals surface area contributed by atoms with Crippen LogP contribution in [0.3, 0.4) is 0 Å². The molecule has 3 amide bonds. The van der Waals surface area contributed by atoms with E-state index in [0.29, 0.717) is 24.9 Å². The van der Waals surface area contributed by atoms with Crippen LogP contribution in [0.25, 0.3) is 0 Å². The van der Waals surface area contributed by atoms with Gasteiger partial charge in [0.25, 0.3) is 0 Å². The maximum atomic E-state index is 15.0. The lowest BCUT2D eigenvalue weighted by Crippen LogP contribution is -2.62. The van der Waals surface area contributed by atoms with Gasteiger partial charge in [-0.25, -0.2) is 0 Å². The third-order valence-corrected chi connectivity index (χ3v) is 10.5. The van der Waals surface area contributed by atoms with E-state index in [1.165, 1.54) is 12.0 Å². The molecule has 11 nitrogen and oxygen atoms in total. The van der Waals surface area contributed by atoms with E-state index in [2.05, 4.69) is 26.1 Å². The highest BCUT2D eigenvalue weighted by Gasteiger charge is 2.73. The number of nitrogens with one attached hydrogen (secondary N) is 1. The maximum absolute atomic E-state index is 15.0. The molecule has 0 aliphatic carbocycles. The van der Waals surface area contributed by atoms with E-state index in [4.69, 9.17) is 14.2 Å². The molecule has 50 heavy (non-hydrogen) atoms. The summed E-state index contributed by atoms with van der Waals surface area (Å²) in [6.07, 6.45) is 6.58. The van der Waals surface area contributed by atoms with Gasteiger partial charge in [0.05, 0.1) is 37.3 Å². The number of amides is 3. The molecule has 11 heteroatoms. The molecular weight excluding hydrogens is 638 g/mol. The summed E-state index contributed by atoms with van der Waals surface area (Å²) < 4.78 is 18.7. The standard InChI is InChI=1S/C39H55N3O8/c1-24(2)27(21-43)42-33-35(46)41(38(6,7)23-37(3,4)5)20-14-19-39(33)31(34(42)45)30-28(50-39)17-12-13-18-29(44)40-26(22-48-8)32(49-36(30)47)25-15-10-9-11-16-25/h9-12,14-17,19,24,26-28,30-33,43H,13,18,20-23H2,1-8H3,(H,40,44)/b17-12-/t26-,27-,28-,30+,31+,32-,33-,39+/m0/s1. The quantitative estimate of drug-likeness (QED) is 0.309. The van der Waals surface area contributed by atoms with Crippen molar-refractivity contribution >= 4 is 23.7 Å². The molecule has 0 aromatic heterocycles. The van der Waals surface area contributed by atoms with E-state index < -0.39 is 65.2 Å². The lowest BCUT2D eigenvalue weighted by Gasteiger charge is -2.45. The smallest absolute Gasteiger partial charge is 0.313 e. The fraction of sp³-hybridized carbons (Fsp3) is 0.641. The zero-order chi connectivity index (χ0) is 36.6. The first-order chi connectivity index (χ1) is 23.6. The molecule has 4 aliphatic rings. The van der Waals surface area contributed by atoms with E-state index in [1.807, 2.05) is 69.0 Å². The van der Waals surface area contributed by atoms with Gasteiger partial charge in [-0.05, 0) is 43.6 Å². The van der Waals surface area contributed by atoms with Gasteiger partial charge in [0.1, 0.15) is 23.7 Å². The van der Waals surface area contributed by atoms with Crippen molar-refractivity contribution in [1.29, 1.82) is 0 Å². The Bertz CT molecular complexity index is 1480. The second-order valence-corrected chi connectivity index (χ2v) is 16.3. The maximum Gasteiger partial charge on any atom is 0.313 e. The Morgan fingerprint density at radius 2 is 1.74 bits per heavy atom. The summed E-state index contributed by atoms with van der Waals surface area (Å²) >= 11 is 0. The minimum absolute atomic E-state index is 0.0746. The number of hydrogen-bond donors (Lipinski definition) is 2. The van der Waals surface area contributed by atoms with E-state index in [0.717, 1.165) is 0 Å². The summed E-state index contributed by atoms with van der Waals surface area (Å²) in [6, 6.07) is 6.59. The summed E-state index contributed by atoms with van der Waals surface area (Å²) in [6.45, 7) is 14.3. The number of carbonyl (C=O) groups is 4. The van der Waals surface area contributed by atoms with Crippen LogP contribution < -0.4 is 5.32 Å². The zero-order valence-corrected chi connectivity index (χ0v) is 30.8. The highest BCUT2D eigenvalue weighted by Crippen LogP contribution is 2.54. The van der Waals surface area contributed by atoms with Crippen LogP contribution in [-0.2, 0) is 33.4 Å². The molecule has 5 rings (SSSR count). The Hall–Kier alpha value is -3.54. The van der Waals surface area contributed by atoms with Gasteiger partial charge < -0.3 is 34.4 Å². The summed E-state index contributed by atoms with van der Waals surface area (Å²) in [4.78, 5) is 61.0. The van der Waals surface area contributed by atoms with Gasteiger partial charge in [-0.15, -0.1) is 0 Å². The Morgan fingerprint density at radius 3 is 2.36 bits per heavy atom. The van der Waals surface area contributed by atoms with Gasteiger partial charge in [0, 0.05) is 25.6 Å². The van der Waals surface area contributed by atoms with Gasteiger partial charge >= 0.3 is 5.97 Å². The van der Waals surface area contributed by atoms with Crippen LogP contribution in [0.1, 0.15) is 79.4 Å². The first-order valence-electron chi connectivity index (χ1n) is 17.9. The number of allylic oxidation sites excluding steroid dienone is 1. The molecule has 8 atom stereocenters. The van der Waals surface area contributed by atoms with Gasteiger partial charge in [0.2, 0.25) is 17.7 Å². The van der Waals surface area contributed by atoms with Crippen molar-refractivity contribution in [3.63, 3.8) is 0 Å². The van der Waals surface area contributed by atoms with Gasteiger partial charge in [-0.1, -0.05) is 89.3 Å². The van der Waals surface area contributed by atoms with Crippen molar-refractivity contribution in [1.82, 2.24) is 15.1 Å². The Kier molecular flexibility index (Phi) is 11.0. The molecule has 274 valence electrons. The van der Waals surface area contributed by atoms with Crippen molar-refractivity contribution in [3.05, 3.63) is 60.2 Å². The number of benzene rings is 1. The van der Waals surface area contributed by atoms with Crippen LogP contribution >= 0.6 is 0 Å². The molecular formula is C39H55N3O8. The summed E-state index contributed by atoms with van der Waals surface area (Å²) in [7, 11) is 1.51. The van der Waals surface area contributed by atoms with E-state index >= 15 is 4.79 Å². The van der Waals surface area contributed by atoms with E-state index in [1.54, 1.807) is 18.2 Å². The number of ether oxygens (including phenoxy) is 3. The van der Waals surface area contributed by atoms with E-state index in [-0.39, 0.29) is 42.8 Å². The van der Waals surface area contributed by atoms with Crippen molar-refractivity contribution in [2.75, 3.05) is 26.9 Å². The Labute approximate surface area is 296 Å².